The lowest BCUT2D eigenvalue weighted by Gasteiger charge is -2.31. The van der Waals surface area contributed by atoms with E-state index in [0.29, 0.717) is 29.9 Å². The molecule has 1 aromatic rings. The number of benzene rings is 1. The van der Waals surface area contributed by atoms with E-state index in [2.05, 4.69) is 15.9 Å². The number of hydrogen-bond acceptors (Lipinski definition) is 5. The van der Waals surface area contributed by atoms with Crippen LogP contribution < -0.4 is 4.90 Å². The van der Waals surface area contributed by atoms with E-state index in [9.17, 15) is 10.1 Å². The fourth-order valence-corrected chi connectivity index (χ4v) is 2.21. The highest BCUT2D eigenvalue weighted by molar-refractivity contribution is 9.10. The van der Waals surface area contributed by atoms with Gasteiger partial charge in [-0.05, 0) is 12.1 Å². The van der Waals surface area contributed by atoms with E-state index in [1.54, 1.807) is 12.1 Å². The third-order valence-electron chi connectivity index (χ3n) is 2.69. The van der Waals surface area contributed by atoms with E-state index in [1.807, 2.05) is 11.0 Å². The standard InChI is InChI=1S/C11H10BrN3O3/c12-8-1-2-10(11(5-8)15(16)17)14-3-4-18-9(6-13)7-14/h1-2,5,9H,3-4,7H2. The molecule has 94 valence electrons. The Balaban J connectivity index is 2.33. The van der Waals surface area contributed by atoms with E-state index in [0.717, 1.165) is 0 Å². The van der Waals surface area contributed by atoms with Gasteiger partial charge in [-0.3, -0.25) is 10.1 Å². The Bertz CT molecular complexity index is 515. The molecule has 1 fully saturated rings. The monoisotopic (exact) mass is 311 g/mol. The first kappa shape index (κ1) is 12.8. The lowest BCUT2D eigenvalue weighted by atomic mass is 10.2. The highest BCUT2D eigenvalue weighted by Gasteiger charge is 2.25. The third kappa shape index (κ3) is 2.60. The summed E-state index contributed by atoms with van der Waals surface area (Å²) in [7, 11) is 0. The molecule has 0 aliphatic carbocycles. The molecule has 2 rings (SSSR count). The van der Waals surface area contributed by atoms with Crippen LogP contribution in [-0.4, -0.2) is 30.7 Å². The summed E-state index contributed by atoms with van der Waals surface area (Å²) in [5.74, 6) is 0. The van der Waals surface area contributed by atoms with Gasteiger partial charge in [0.2, 0.25) is 0 Å². The van der Waals surface area contributed by atoms with E-state index < -0.39 is 11.0 Å². The summed E-state index contributed by atoms with van der Waals surface area (Å²) in [6, 6.07) is 6.92. The zero-order valence-corrected chi connectivity index (χ0v) is 11.0. The zero-order valence-electron chi connectivity index (χ0n) is 9.38. The maximum Gasteiger partial charge on any atom is 0.293 e. The molecule has 1 unspecified atom stereocenters. The lowest BCUT2D eigenvalue weighted by molar-refractivity contribution is -0.384. The maximum absolute atomic E-state index is 11.0. The molecule has 1 saturated heterocycles. The molecule has 1 aliphatic rings. The Hall–Kier alpha value is -1.65. The van der Waals surface area contributed by atoms with Crippen LogP contribution in [0.25, 0.3) is 0 Å². The first-order valence-electron chi connectivity index (χ1n) is 5.32. The van der Waals surface area contributed by atoms with Crippen LogP contribution >= 0.6 is 15.9 Å². The number of rotatable bonds is 2. The van der Waals surface area contributed by atoms with Gasteiger partial charge in [-0.1, -0.05) is 15.9 Å². The van der Waals surface area contributed by atoms with E-state index in [4.69, 9.17) is 10.00 Å². The number of nitro groups is 1. The predicted molar refractivity (Wildman–Crippen MR) is 68.4 cm³/mol. The highest BCUT2D eigenvalue weighted by Crippen LogP contribution is 2.32. The third-order valence-corrected chi connectivity index (χ3v) is 3.18. The van der Waals surface area contributed by atoms with Gasteiger partial charge in [-0.15, -0.1) is 0 Å². The van der Waals surface area contributed by atoms with Crippen molar-refractivity contribution in [3.8, 4) is 6.07 Å². The first-order chi connectivity index (χ1) is 8.61. The number of morpholine rings is 1. The normalized spacial score (nSPS) is 19.3. The summed E-state index contributed by atoms with van der Waals surface area (Å²) >= 11 is 3.21. The van der Waals surface area contributed by atoms with Crippen molar-refractivity contribution in [1.82, 2.24) is 0 Å². The van der Waals surface area contributed by atoms with Crippen molar-refractivity contribution in [1.29, 1.82) is 5.26 Å². The molecule has 1 heterocycles. The number of ether oxygens (including phenoxy) is 1. The van der Waals surface area contributed by atoms with Crippen LogP contribution in [0.15, 0.2) is 22.7 Å². The minimum absolute atomic E-state index is 0.0305. The van der Waals surface area contributed by atoms with Crippen LogP contribution in [-0.2, 0) is 4.74 Å². The molecule has 1 atom stereocenters. The van der Waals surface area contributed by atoms with Gasteiger partial charge in [0.25, 0.3) is 5.69 Å². The van der Waals surface area contributed by atoms with Gasteiger partial charge < -0.3 is 9.64 Å². The van der Waals surface area contributed by atoms with Crippen molar-refractivity contribution < 1.29 is 9.66 Å². The molecule has 0 radical (unpaired) electrons. The SMILES string of the molecule is N#CC1CN(c2ccc(Br)cc2[N+](=O)[O-])CCO1. The lowest BCUT2D eigenvalue weighted by Crippen LogP contribution is -2.42. The highest BCUT2D eigenvalue weighted by atomic mass is 79.9. The van der Waals surface area contributed by atoms with Crippen LogP contribution in [0.1, 0.15) is 0 Å². The smallest absolute Gasteiger partial charge is 0.293 e. The van der Waals surface area contributed by atoms with Gasteiger partial charge in [-0.25, -0.2) is 0 Å². The Morgan fingerprint density at radius 1 is 1.61 bits per heavy atom. The Morgan fingerprint density at radius 2 is 2.39 bits per heavy atom. The number of nitrogens with zero attached hydrogens (tertiary/aromatic N) is 3. The van der Waals surface area contributed by atoms with E-state index in [1.165, 1.54) is 6.07 Å². The van der Waals surface area contributed by atoms with Crippen LogP contribution in [0.5, 0.6) is 0 Å². The number of hydrogen-bond donors (Lipinski definition) is 0. The van der Waals surface area contributed by atoms with Crippen LogP contribution in [0, 0.1) is 21.4 Å². The average molecular weight is 312 g/mol. The van der Waals surface area contributed by atoms with Gasteiger partial charge in [0.15, 0.2) is 6.10 Å². The molecule has 1 aromatic carbocycles. The summed E-state index contributed by atoms with van der Waals surface area (Å²) in [5, 5.41) is 19.9. The average Bonchev–Trinajstić information content (AvgIpc) is 2.38. The minimum Gasteiger partial charge on any atom is -0.360 e. The molecule has 0 aromatic heterocycles. The van der Waals surface area contributed by atoms with Gasteiger partial charge in [0.1, 0.15) is 5.69 Å². The van der Waals surface area contributed by atoms with Crippen molar-refractivity contribution >= 4 is 27.3 Å². The Morgan fingerprint density at radius 3 is 3.06 bits per heavy atom. The van der Waals surface area contributed by atoms with Crippen LogP contribution in [0.2, 0.25) is 0 Å². The second-order valence-electron chi connectivity index (χ2n) is 3.82. The van der Waals surface area contributed by atoms with E-state index >= 15 is 0 Å². The van der Waals surface area contributed by atoms with Crippen molar-refractivity contribution in [2.45, 2.75) is 6.10 Å². The van der Waals surface area contributed by atoms with Gasteiger partial charge in [0, 0.05) is 17.1 Å². The minimum atomic E-state index is -0.540. The van der Waals surface area contributed by atoms with E-state index in [-0.39, 0.29) is 5.69 Å². The molecular formula is C11H10BrN3O3. The van der Waals surface area contributed by atoms with Crippen molar-refractivity contribution in [3.63, 3.8) is 0 Å². The topological polar surface area (TPSA) is 79.4 Å². The molecule has 0 saturated carbocycles. The molecule has 1 aliphatic heterocycles. The molecule has 0 N–H and O–H groups in total. The molecule has 18 heavy (non-hydrogen) atoms. The number of halogens is 1. The molecule has 6 nitrogen and oxygen atoms in total. The summed E-state index contributed by atoms with van der Waals surface area (Å²) in [6.45, 7) is 1.28. The summed E-state index contributed by atoms with van der Waals surface area (Å²) in [5.41, 5.74) is 0.551. The summed E-state index contributed by atoms with van der Waals surface area (Å²) in [4.78, 5) is 12.4. The molecule has 0 bridgehead atoms. The quantitative estimate of drug-likeness (QED) is 0.617. The van der Waals surface area contributed by atoms with Crippen molar-refractivity contribution in [3.05, 3.63) is 32.8 Å². The fourth-order valence-electron chi connectivity index (χ4n) is 1.86. The maximum atomic E-state index is 11.0. The van der Waals surface area contributed by atoms with Gasteiger partial charge in [0.05, 0.1) is 24.1 Å². The predicted octanol–water partition coefficient (Wildman–Crippen LogP) is 2.09. The Kier molecular flexibility index (Phi) is 3.79. The molecule has 7 heteroatoms. The molecular weight excluding hydrogens is 302 g/mol. The summed E-state index contributed by atoms with van der Waals surface area (Å²) < 4.78 is 5.88. The second-order valence-corrected chi connectivity index (χ2v) is 4.74. The number of nitriles is 1. The van der Waals surface area contributed by atoms with Crippen molar-refractivity contribution in [2.75, 3.05) is 24.6 Å². The largest absolute Gasteiger partial charge is 0.360 e. The van der Waals surface area contributed by atoms with Gasteiger partial charge >= 0.3 is 0 Å². The first-order valence-corrected chi connectivity index (χ1v) is 6.11. The fraction of sp³-hybridized carbons (Fsp3) is 0.364. The zero-order chi connectivity index (χ0) is 13.1. The molecule has 0 amide bonds. The molecule has 0 spiro atoms. The number of anilines is 1. The van der Waals surface area contributed by atoms with Gasteiger partial charge in [-0.2, -0.15) is 5.26 Å². The Labute approximate surface area is 112 Å². The number of nitro benzene ring substituents is 1. The van der Waals surface area contributed by atoms with Crippen LogP contribution in [0.4, 0.5) is 11.4 Å². The summed E-state index contributed by atoms with van der Waals surface area (Å²) in [6.07, 6.45) is -0.540. The van der Waals surface area contributed by atoms with Crippen molar-refractivity contribution in [2.24, 2.45) is 0 Å². The van der Waals surface area contributed by atoms with Crippen LogP contribution in [0.3, 0.4) is 0 Å². The second kappa shape index (κ2) is 5.33.